The van der Waals surface area contributed by atoms with Crippen molar-refractivity contribution in [2.45, 2.75) is 62.1 Å². The van der Waals surface area contributed by atoms with Gasteiger partial charge < -0.3 is 41.2 Å². The van der Waals surface area contributed by atoms with Crippen LogP contribution in [0.2, 0.25) is 0 Å². The number of anilines is 2. The Kier molecular flexibility index (Phi) is 8.26. The van der Waals surface area contributed by atoms with Crippen molar-refractivity contribution >= 4 is 28.8 Å². The molecule has 6 atom stereocenters. The molecule has 2 aliphatic rings. The van der Waals surface area contributed by atoms with Gasteiger partial charge in [-0.1, -0.05) is 60.7 Å². The van der Waals surface area contributed by atoms with Crippen LogP contribution in [0, 0.1) is 0 Å². The number of nitrogens with two attached hydrogens (primary N) is 1. The maximum Gasteiger partial charge on any atom is 0.248 e. The predicted molar refractivity (Wildman–Crippen MR) is 163 cm³/mol. The van der Waals surface area contributed by atoms with E-state index in [0.717, 1.165) is 24.1 Å². The molecule has 12 nitrogen and oxygen atoms in total. The minimum Gasteiger partial charge on any atom is -0.388 e. The molecule has 1 amide bonds. The van der Waals surface area contributed by atoms with Gasteiger partial charge in [0.15, 0.2) is 17.0 Å². The first-order valence-corrected chi connectivity index (χ1v) is 14.7. The third-order valence-electron chi connectivity index (χ3n) is 8.51. The van der Waals surface area contributed by atoms with Gasteiger partial charge in [0, 0.05) is 31.6 Å². The third kappa shape index (κ3) is 5.91. The Morgan fingerprint density at radius 2 is 1.72 bits per heavy atom. The highest BCUT2D eigenvalue weighted by molar-refractivity contribution is 5.85. The number of fused-ring (bicyclic) bond motifs is 1. The molecule has 7 N–H and O–H groups in total. The second kappa shape index (κ2) is 12.3. The molecule has 1 saturated heterocycles. The Balaban J connectivity index is 1.35. The van der Waals surface area contributed by atoms with Gasteiger partial charge in [-0.25, -0.2) is 4.98 Å². The summed E-state index contributed by atoms with van der Waals surface area (Å²) in [5, 5.41) is 37.6. The molecule has 0 bridgehead atoms. The van der Waals surface area contributed by atoms with Crippen LogP contribution in [-0.4, -0.2) is 90.8 Å². The van der Waals surface area contributed by atoms with E-state index < -0.39 is 36.3 Å². The fourth-order valence-electron chi connectivity index (χ4n) is 6.11. The van der Waals surface area contributed by atoms with E-state index in [1.54, 1.807) is 10.9 Å². The van der Waals surface area contributed by atoms with Crippen LogP contribution in [0.5, 0.6) is 0 Å². The molecule has 0 spiro atoms. The van der Waals surface area contributed by atoms with Crippen LogP contribution < -0.4 is 21.3 Å². The van der Waals surface area contributed by atoms with Gasteiger partial charge in [-0.3, -0.25) is 4.79 Å². The zero-order valence-corrected chi connectivity index (χ0v) is 24.0. The summed E-state index contributed by atoms with van der Waals surface area (Å²) in [5.41, 5.74) is 9.58. The monoisotopic (exact) mass is 586 g/mol. The maximum atomic E-state index is 12.1. The topological polar surface area (TPSA) is 175 Å². The van der Waals surface area contributed by atoms with Gasteiger partial charge >= 0.3 is 0 Å². The largest absolute Gasteiger partial charge is 0.388 e. The lowest BCUT2D eigenvalue weighted by molar-refractivity contribution is -0.130. The Labute approximate surface area is 249 Å². The summed E-state index contributed by atoms with van der Waals surface area (Å²) in [7, 11) is 0. The fourth-order valence-corrected chi connectivity index (χ4v) is 6.11. The first kappa shape index (κ1) is 29.0. The van der Waals surface area contributed by atoms with Gasteiger partial charge in [0.25, 0.3) is 0 Å². The highest BCUT2D eigenvalue weighted by Crippen LogP contribution is 2.35. The van der Waals surface area contributed by atoms with E-state index in [1.807, 2.05) is 41.3 Å². The van der Waals surface area contributed by atoms with Crippen molar-refractivity contribution < 1.29 is 20.1 Å². The van der Waals surface area contributed by atoms with Crippen molar-refractivity contribution in [1.29, 1.82) is 0 Å². The van der Waals surface area contributed by atoms with Crippen LogP contribution in [0.3, 0.4) is 0 Å². The minimum absolute atomic E-state index is 0.0197. The first-order chi connectivity index (χ1) is 20.8. The van der Waals surface area contributed by atoms with Crippen molar-refractivity contribution in [3.63, 3.8) is 0 Å². The van der Waals surface area contributed by atoms with Gasteiger partial charge in [0.05, 0.1) is 18.4 Å². The summed E-state index contributed by atoms with van der Waals surface area (Å²) in [6.45, 7) is 3.23. The van der Waals surface area contributed by atoms with E-state index in [-0.39, 0.29) is 18.4 Å². The number of carbonyl (C=O) groups is 1. The number of aliphatic hydroxyl groups is 3. The summed E-state index contributed by atoms with van der Waals surface area (Å²) >= 11 is 0. The van der Waals surface area contributed by atoms with E-state index in [2.05, 4.69) is 39.9 Å². The van der Waals surface area contributed by atoms with Crippen LogP contribution >= 0.6 is 0 Å². The average molecular weight is 587 g/mol. The van der Waals surface area contributed by atoms with Crippen LogP contribution in [0.25, 0.3) is 11.2 Å². The second-order valence-electron chi connectivity index (χ2n) is 11.5. The average Bonchev–Trinajstić information content (AvgIpc) is 3.72. The Bertz CT molecular complexity index is 1510. The number of nitrogens with zero attached hydrogens (tertiary/aromatic N) is 5. The molecular formula is C31H38N8O4. The van der Waals surface area contributed by atoms with Gasteiger partial charge in [-0.2, -0.15) is 9.97 Å². The first-order valence-electron chi connectivity index (χ1n) is 14.7. The number of imidazole rings is 1. The van der Waals surface area contributed by atoms with E-state index in [4.69, 9.17) is 15.7 Å². The summed E-state index contributed by atoms with van der Waals surface area (Å²) in [6, 6.07) is 19.2. The standard InChI is InChI=1S/C31H38N8O4/c1-18(40)30(43)35-23-14-24(27(42)26(23)41)39-17-34-25-28(36-31(37-29(25)39)38-13-12-21(32)16-38)33-15-22(19-8-4-2-5-9-19)20-10-6-3-7-11-20/h2-11,17-18,21-24,26-27,40-42H,12-16,32H2,1H3,(H,35,43)(H,33,36,37)/t18-,21+,23-,24+,26+,27-/m0/s1. The summed E-state index contributed by atoms with van der Waals surface area (Å²) in [4.78, 5) is 28.6. The molecular weight excluding hydrogens is 548 g/mol. The van der Waals surface area contributed by atoms with Gasteiger partial charge in [-0.05, 0) is 30.9 Å². The van der Waals surface area contributed by atoms with E-state index >= 15 is 0 Å². The number of aliphatic hydroxyl groups excluding tert-OH is 3. The second-order valence-corrected chi connectivity index (χ2v) is 11.5. The minimum atomic E-state index is -1.23. The van der Waals surface area contributed by atoms with Crippen molar-refractivity contribution in [1.82, 2.24) is 24.8 Å². The van der Waals surface area contributed by atoms with E-state index in [0.29, 0.717) is 36.0 Å². The third-order valence-corrected chi connectivity index (χ3v) is 8.51. The number of hydrogen-bond donors (Lipinski definition) is 6. The van der Waals surface area contributed by atoms with Gasteiger partial charge in [0.2, 0.25) is 11.9 Å². The Morgan fingerprint density at radius 1 is 1.05 bits per heavy atom. The molecule has 4 aromatic rings. The van der Waals surface area contributed by atoms with E-state index in [9.17, 15) is 20.1 Å². The number of carbonyl (C=O) groups excluding carboxylic acids is 1. The van der Waals surface area contributed by atoms with Crippen molar-refractivity contribution in [2.75, 3.05) is 29.9 Å². The number of hydrogen-bond acceptors (Lipinski definition) is 10. The van der Waals surface area contributed by atoms with Crippen molar-refractivity contribution in [2.24, 2.45) is 5.73 Å². The van der Waals surface area contributed by atoms with E-state index in [1.165, 1.54) is 6.92 Å². The molecule has 6 rings (SSSR count). The normalized spacial score (nSPS) is 24.5. The molecule has 0 unspecified atom stereocenters. The molecule has 2 aromatic carbocycles. The number of amides is 1. The van der Waals surface area contributed by atoms with Crippen LogP contribution in [-0.2, 0) is 4.79 Å². The number of aromatic nitrogens is 4. The zero-order chi connectivity index (χ0) is 30.1. The molecule has 2 fully saturated rings. The lowest BCUT2D eigenvalue weighted by atomic mass is 9.91. The molecule has 43 heavy (non-hydrogen) atoms. The molecule has 2 aromatic heterocycles. The number of benzene rings is 2. The SMILES string of the molecule is C[C@H](O)C(=O)N[C@H]1C[C@@H](n2cnc3c(NCC(c4ccccc4)c4ccccc4)nc(N4CC[C@@H](N)C4)nc32)[C@H](O)[C@@H]1O. The highest BCUT2D eigenvalue weighted by Gasteiger charge is 2.44. The number of nitrogens with one attached hydrogen (secondary N) is 2. The Hall–Kier alpha value is -4.10. The quantitative estimate of drug-likeness (QED) is 0.167. The zero-order valence-electron chi connectivity index (χ0n) is 24.0. The summed E-state index contributed by atoms with van der Waals surface area (Å²) < 4.78 is 1.75. The van der Waals surface area contributed by atoms with Crippen LogP contribution in [0.4, 0.5) is 11.8 Å². The molecule has 1 aliphatic heterocycles. The molecule has 226 valence electrons. The van der Waals surface area contributed by atoms with Gasteiger partial charge in [0.1, 0.15) is 18.3 Å². The molecule has 1 aliphatic carbocycles. The summed E-state index contributed by atoms with van der Waals surface area (Å²) in [6.07, 6.45) is -0.997. The van der Waals surface area contributed by atoms with Gasteiger partial charge in [-0.15, -0.1) is 0 Å². The van der Waals surface area contributed by atoms with Crippen LogP contribution in [0.15, 0.2) is 67.0 Å². The van der Waals surface area contributed by atoms with Crippen molar-refractivity contribution in [3.05, 3.63) is 78.1 Å². The van der Waals surface area contributed by atoms with Crippen LogP contribution in [0.1, 0.15) is 42.9 Å². The fraction of sp³-hybridized carbons (Fsp3) is 0.419. The highest BCUT2D eigenvalue weighted by atomic mass is 16.3. The Morgan fingerprint density at radius 3 is 2.33 bits per heavy atom. The van der Waals surface area contributed by atoms with Crippen molar-refractivity contribution in [3.8, 4) is 0 Å². The molecule has 12 heteroatoms. The molecule has 1 saturated carbocycles. The smallest absolute Gasteiger partial charge is 0.248 e. The number of rotatable bonds is 9. The lowest BCUT2D eigenvalue weighted by Gasteiger charge is -2.22. The molecule has 0 radical (unpaired) electrons. The summed E-state index contributed by atoms with van der Waals surface area (Å²) in [5.74, 6) is 0.499. The lowest BCUT2D eigenvalue weighted by Crippen LogP contribution is -2.46. The maximum absolute atomic E-state index is 12.1. The predicted octanol–water partition coefficient (Wildman–Crippen LogP) is 1.14. The molecule has 3 heterocycles.